The lowest BCUT2D eigenvalue weighted by Crippen LogP contribution is -2.12. The zero-order chi connectivity index (χ0) is 13.0. The Morgan fingerprint density at radius 3 is 2.56 bits per heavy atom. The summed E-state index contributed by atoms with van der Waals surface area (Å²) in [5.74, 6) is 0. The molecule has 0 aliphatic heterocycles. The molecule has 0 saturated carbocycles. The van der Waals surface area contributed by atoms with E-state index in [9.17, 15) is 0 Å². The molecule has 0 aliphatic rings. The zero-order valence-corrected chi connectivity index (χ0v) is 12.9. The van der Waals surface area contributed by atoms with Gasteiger partial charge in [-0.05, 0) is 64.8 Å². The molecule has 1 atom stereocenters. The SMILES string of the molecule is NC(CCc1ccccc1)c1cc(Cl)ccc1I. The molecule has 1 unspecified atom stereocenters. The highest BCUT2D eigenvalue weighted by atomic mass is 127. The second-order valence-corrected chi connectivity index (χ2v) is 5.90. The Bertz CT molecular complexity index is 513. The standard InChI is InChI=1S/C15H15ClIN/c16-12-7-8-14(17)13(10-12)15(18)9-6-11-4-2-1-3-5-11/h1-5,7-8,10,15H,6,9,18H2. The fourth-order valence-corrected chi connectivity index (χ4v) is 2.84. The van der Waals surface area contributed by atoms with Crippen molar-refractivity contribution in [2.45, 2.75) is 18.9 Å². The summed E-state index contributed by atoms with van der Waals surface area (Å²) in [6.07, 6.45) is 1.92. The first kappa shape index (κ1) is 13.8. The Morgan fingerprint density at radius 2 is 1.83 bits per heavy atom. The van der Waals surface area contributed by atoms with E-state index in [1.807, 2.05) is 24.3 Å². The summed E-state index contributed by atoms with van der Waals surface area (Å²) >= 11 is 8.33. The van der Waals surface area contributed by atoms with Gasteiger partial charge in [-0.1, -0.05) is 41.9 Å². The molecule has 0 heterocycles. The van der Waals surface area contributed by atoms with Gasteiger partial charge in [-0.25, -0.2) is 0 Å². The first-order valence-electron chi connectivity index (χ1n) is 5.91. The van der Waals surface area contributed by atoms with Crippen LogP contribution < -0.4 is 5.73 Å². The Morgan fingerprint density at radius 1 is 1.11 bits per heavy atom. The quantitative estimate of drug-likeness (QED) is 0.782. The molecule has 2 rings (SSSR count). The molecule has 94 valence electrons. The van der Waals surface area contributed by atoms with Crippen LogP contribution in [0.1, 0.15) is 23.6 Å². The third-order valence-corrected chi connectivity index (χ3v) is 4.16. The zero-order valence-electron chi connectivity index (χ0n) is 9.94. The smallest absolute Gasteiger partial charge is 0.0410 e. The number of rotatable bonds is 4. The van der Waals surface area contributed by atoms with E-state index in [0.717, 1.165) is 23.4 Å². The van der Waals surface area contributed by atoms with Gasteiger partial charge in [0.15, 0.2) is 0 Å². The van der Waals surface area contributed by atoms with Crippen molar-refractivity contribution >= 4 is 34.2 Å². The van der Waals surface area contributed by atoms with Gasteiger partial charge in [-0.15, -0.1) is 0 Å². The van der Waals surface area contributed by atoms with Crippen LogP contribution in [0.4, 0.5) is 0 Å². The predicted octanol–water partition coefficient (Wildman–Crippen LogP) is 4.58. The van der Waals surface area contributed by atoms with E-state index >= 15 is 0 Å². The first-order valence-corrected chi connectivity index (χ1v) is 7.37. The molecule has 3 heteroatoms. The predicted molar refractivity (Wildman–Crippen MR) is 85.9 cm³/mol. The van der Waals surface area contributed by atoms with Crippen molar-refractivity contribution in [3.63, 3.8) is 0 Å². The fourth-order valence-electron chi connectivity index (χ4n) is 1.92. The molecule has 18 heavy (non-hydrogen) atoms. The van der Waals surface area contributed by atoms with Crippen molar-refractivity contribution in [2.24, 2.45) is 5.73 Å². The molecule has 2 aromatic carbocycles. The topological polar surface area (TPSA) is 26.0 Å². The van der Waals surface area contributed by atoms with Gasteiger partial charge < -0.3 is 5.73 Å². The summed E-state index contributed by atoms with van der Waals surface area (Å²) in [6, 6.07) is 16.3. The number of hydrogen-bond donors (Lipinski definition) is 1. The lowest BCUT2D eigenvalue weighted by atomic mass is 10.00. The highest BCUT2D eigenvalue weighted by Gasteiger charge is 2.10. The number of benzene rings is 2. The van der Waals surface area contributed by atoms with Crippen LogP contribution in [0.2, 0.25) is 5.02 Å². The maximum Gasteiger partial charge on any atom is 0.0410 e. The highest BCUT2D eigenvalue weighted by Crippen LogP contribution is 2.25. The fraction of sp³-hybridized carbons (Fsp3) is 0.200. The minimum atomic E-state index is 0.0378. The van der Waals surface area contributed by atoms with E-state index in [0.29, 0.717) is 0 Å². The lowest BCUT2D eigenvalue weighted by molar-refractivity contribution is 0.648. The largest absolute Gasteiger partial charge is 0.324 e. The van der Waals surface area contributed by atoms with Crippen LogP contribution in [0, 0.1) is 3.57 Å². The Hall–Kier alpha value is -0.580. The van der Waals surface area contributed by atoms with Crippen LogP contribution in [-0.2, 0) is 6.42 Å². The Labute approximate surface area is 126 Å². The van der Waals surface area contributed by atoms with Crippen molar-refractivity contribution in [1.82, 2.24) is 0 Å². The molecular weight excluding hydrogens is 357 g/mol. The maximum atomic E-state index is 6.25. The number of hydrogen-bond acceptors (Lipinski definition) is 1. The third-order valence-electron chi connectivity index (χ3n) is 2.94. The first-order chi connectivity index (χ1) is 8.66. The van der Waals surface area contributed by atoms with Crippen molar-refractivity contribution in [3.8, 4) is 0 Å². The van der Waals surface area contributed by atoms with Gasteiger partial charge in [-0.3, -0.25) is 0 Å². The number of nitrogens with two attached hydrogens (primary N) is 1. The summed E-state index contributed by atoms with van der Waals surface area (Å²) in [4.78, 5) is 0. The van der Waals surface area contributed by atoms with Crippen molar-refractivity contribution in [3.05, 3.63) is 68.3 Å². The number of aryl methyl sites for hydroxylation is 1. The molecule has 0 spiro atoms. The van der Waals surface area contributed by atoms with Crippen molar-refractivity contribution in [2.75, 3.05) is 0 Å². The summed E-state index contributed by atoms with van der Waals surface area (Å²) in [6.45, 7) is 0. The monoisotopic (exact) mass is 371 g/mol. The van der Waals surface area contributed by atoms with Crippen LogP contribution in [0.25, 0.3) is 0 Å². The highest BCUT2D eigenvalue weighted by molar-refractivity contribution is 14.1. The Kier molecular flexibility index (Phi) is 5.03. The van der Waals surface area contributed by atoms with E-state index in [1.165, 1.54) is 9.13 Å². The summed E-state index contributed by atoms with van der Waals surface area (Å²) in [5, 5.41) is 0.751. The molecule has 0 fully saturated rings. The summed E-state index contributed by atoms with van der Waals surface area (Å²) in [7, 11) is 0. The molecule has 0 aliphatic carbocycles. The molecule has 0 amide bonds. The van der Waals surface area contributed by atoms with Gasteiger partial charge in [-0.2, -0.15) is 0 Å². The number of halogens is 2. The van der Waals surface area contributed by atoms with E-state index in [-0.39, 0.29) is 6.04 Å². The average Bonchev–Trinajstić information content (AvgIpc) is 2.40. The van der Waals surface area contributed by atoms with Crippen LogP contribution in [0.5, 0.6) is 0 Å². The van der Waals surface area contributed by atoms with Crippen LogP contribution in [0.3, 0.4) is 0 Å². The van der Waals surface area contributed by atoms with Gasteiger partial charge in [0.25, 0.3) is 0 Å². The molecule has 1 nitrogen and oxygen atoms in total. The summed E-state index contributed by atoms with van der Waals surface area (Å²) in [5.41, 5.74) is 8.71. The third kappa shape index (κ3) is 3.70. The van der Waals surface area contributed by atoms with Crippen molar-refractivity contribution < 1.29 is 0 Å². The molecule has 0 bridgehead atoms. The van der Waals surface area contributed by atoms with Gasteiger partial charge in [0.2, 0.25) is 0 Å². The molecule has 2 aromatic rings. The van der Waals surface area contributed by atoms with Crippen LogP contribution in [-0.4, -0.2) is 0 Å². The van der Waals surface area contributed by atoms with E-state index in [2.05, 4.69) is 46.9 Å². The van der Waals surface area contributed by atoms with Gasteiger partial charge in [0, 0.05) is 14.6 Å². The lowest BCUT2D eigenvalue weighted by Gasteiger charge is -2.14. The Balaban J connectivity index is 2.03. The van der Waals surface area contributed by atoms with E-state index in [4.69, 9.17) is 17.3 Å². The van der Waals surface area contributed by atoms with E-state index < -0.39 is 0 Å². The van der Waals surface area contributed by atoms with Gasteiger partial charge in [0.05, 0.1) is 0 Å². The maximum absolute atomic E-state index is 6.25. The van der Waals surface area contributed by atoms with Gasteiger partial charge >= 0.3 is 0 Å². The van der Waals surface area contributed by atoms with E-state index in [1.54, 1.807) is 0 Å². The second-order valence-electron chi connectivity index (χ2n) is 4.30. The normalized spacial score (nSPS) is 12.4. The molecule has 0 radical (unpaired) electrons. The van der Waals surface area contributed by atoms with Crippen LogP contribution >= 0.6 is 34.2 Å². The van der Waals surface area contributed by atoms with Gasteiger partial charge in [0.1, 0.15) is 0 Å². The molecule has 2 N–H and O–H groups in total. The molecule has 0 aromatic heterocycles. The summed E-state index contributed by atoms with van der Waals surface area (Å²) < 4.78 is 1.18. The second kappa shape index (κ2) is 6.55. The van der Waals surface area contributed by atoms with Crippen LogP contribution in [0.15, 0.2) is 48.5 Å². The minimum absolute atomic E-state index is 0.0378. The molecule has 0 saturated heterocycles. The van der Waals surface area contributed by atoms with Crippen molar-refractivity contribution in [1.29, 1.82) is 0 Å². The molecular formula is C15H15ClIN. The minimum Gasteiger partial charge on any atom is -0.324 e. The average molecular weight is 372 g/mol.